The van der Waals surface area contributed by atoms with Crippen molar-refractivity contribution in [3.05, 3.63) is 63.8 Å². The fourth-order valence-electron chi connectivity index (χ4n) is 3.69. The molecular weight excluding hydrogens is 528 g/mol. The smallest absolute Gasteiger partial charge is 0.337 e. The minimum Gasteiger partial charge on any atom is -0.490 e. The molecule has 2 atom stereocenters. The van der Waals surface area contributed by atoms with Crippen molar-refractivity contribution in [1.82, 2.24) is 16.1 Å². The molecule has 0 radical (unpaired) electrons. The van der Waals surface area contributed by atoms with E-state index < -0.39 is 24.3 Å². The number of esters is 1. The molecule has 4 N–H and O–H groups in total. The minimum absolute atomic E-state index is 0.0806. The summed E-state index contributed by atoms with van der Waals surface area (Å²) in [5, 5.41) is 20.1. The van der Waals surface area contributed by atoms with E-state index in [1.807, 2.05) is 0 Å². The van der Waals surface area contributed by atoms with Crippen LogP contribution < -0.4 is 30.3 Å². The van der Waals surface area contributed by atoms with Crippen molar-refractivity contribution in [2.75, 3.05) is 26.9 Å². The van der Waals surface area contributed by atoms with E-state index in [1.54, 1.807) is 50.2 Å². The number of hydrogen-bond donors (Lipinski definition) is 4. The fraction of sp³-hybridized carbons (Fsp3) is 0.296. The highest BCUT2D eigenvalue weighted by Crippen LogP contribution is 2.35. The van der Waals surface area contributed by atoms with Crippen LogP contribution in [-0.4, -0.2) is 56.5 Å². The molecule has 0 aromatic heterocycles. The van der Waals surface area contributed by atoms with Crippen LogP contribution in [0.1, 0.15) is 31.0 Å². The van der Waals surface area contributed by atoms with Crippen molar-refractivity contribution in [3.63, 3.8) is 0 Å². The van der Waals surface area contributed by atoms with Crippen LogP contribution >= 0.6 is 11.6 Å². The predicted molar refractivity (Wildman–Crippen MR) is 145 cm³/mol. The molecule has 1 aliphatic rings. The van der Waals surface area contributed by atoms with Crippen LogP contribution in [-0.2, 0) is 9.53 Å². The lowest BCUT2D eigenvalue weighted by molar-refractivity contribution is -0.136. The fourth-order valence-corrected chi connectivity index (χ4v) is 3.87. The summed E-state index contributed by atoms with van der Waals surface area (Å²) < 4.78 is 21.8. The zero-order valence-electron chi connectivity index (χ0n) is 21.6. The second kappa shape index (κ2) is 13.9. The van der Waals surface area contributed by atoms with Crippen molar-refractivity contribution in [1.29, 1.82) is 0 Å². The number of terminal acetylenes is 1. The van der Waals surface area contributed by atoms with Crippen molar-refractivity contribution >= 4 is 29.8 Å². The number of hydrazone groups is 1. The Hall–Kier alpha value is -4.40. The SMILES string of the molecule is C#CCOc1ccc(Cl)cc1/C=N/N[C@H](O)COc1ccc([C@@H]2NC(=O)NC(C)=C2C(=O)OC)cc1OCC. The maximum Gasteiger partial charge on any atom is 0.337 e. The van der Waals surface area contributed by atoms with Crippen LogP contribution in [0.3, 0.4) is 0 Å². The van der Waals surface area contributed by atoms with E-state index in [-0.39, 0.29) is 18.8 Å². The zero-order chi connectivity index (χ0) is 28.4. The molecule has 0 fully saturated rings. The van der Waals surface area contributed by atoms with Crippen LogP contribution in [0.25, 0.3) is 0 Å². The van der Waals surface area contributed by atoms with Gasteiger partial charge in [0.1, 0.15) is 19.0 Å². The van der Waals surface area contributed by atoms with Crippen LogP contribution in [0.15, 0.2) is 52.8 Å². The third-order valence-corrected chi connectivity index (χ3v) is 5.62. The molecule has 1 heterocycles. The topological polar surface area (TPSA) is 140 Å². The van der Waals surface area contributed by atoms with Gasteiger partial charge < -0.3 is 34.7 Å². The summed E-state index contributed by atoms with van der Waals surface area (Å²) in [4.78, 5) is 24.5. The highest BCUT2D eigenvalue weighted by atomic mass is 35.5. The molecule has 0 spiro atoms. The molecule has 0 aliphatic carbocycles. The molecule has 2 aromatic rings. The lowest BCUT2D eigenvalue weighted by atomic mass is 9.95. The molecule has 0 unspecified atom stereocenters. The van der Waals surface area contributed by atoms with Gasteiger partial charge in [-0.05, 0) is 49.7 Å². The maximum absolute atomic E-state index is 12.4. The number of amides is 2. The van der Waals surface area contributed by atoms with E-state index in [0.717, 1.165) is 0 Å². The number of allylic oxidation sites excluding steroid dienone is 1. The number of halogens is 1. The molecule has 0 bridgehead atoms. The average Bonchev–Trinajstić information content (AvgIpc) is 2.91. The maximum atomic E-state index is 12.4. The molecule has 206 valence electrons. The van der Waals surface area contributed by atoms with Gasteiger partial charge in [-0.15, -0.1) is 6.42 Å². The van der Waals surface area contributed by atoms with E-state index in [1.165, 1.54) is 13.3 Å². The summed E-state index contributed by atoms with van der Waals surface area (Å²) in [5.41, 5.74) is 4.35. The first-order valence-corrected chi connectivity index (χ1v) is 12.2. The van der Waals surface area contributed by atoms with Crippen molar-refractivity contribution in [2.45, 2.75) is 26.1 Å². The van der Waals surface area contributed by atoms with Gasteiger partial charge in [-0.1, -0.05) is 23.6 Å². The number of rotatable bonds is 12. The van der Waals surface area contributed by atoms with Gasteiger partial charge in [0.05, 0.1) is 31.5 Å². The second-order valence-electron chi connectivity index (χ2n) is 8.09. The van der Waals surface area contributed by atoms with Crippen molar-refractivity contribution in [3.8, 4) is 29.6 Å². The molecular formula is C27H29ClN4O7. The van der Waals surface area contributed by atoms with Crippen LogP contribution in [0.2, 0.25) is 5.02 Å². The number of nitrogens with one attached hydrogen (secondary N) is 3. The Kier molecular flexibility index (Phi) is 10.4. The third-order valence-electron chi connectivity index (χ3n) is 5.38. The van der Waals surface area contributed by atoms with Gasteiger partial charge in [0.2, 0.25) is 0 Å². The summed E-state index contributed by atoms with van der Waals surface area (Å²) in [6.45, 7) is 3.65. The Morgan fingerprint density at radius 3 is 2.72 bits per heavy atom. The number of carbonyl (C=O) groups is 2. The van der Waals surface area contributed by atoms with E-state index in [9.17, 15) is 14.7 Å². The summed E-state index contributed by atoms with van der Waals surface area (Å²) >= 11 is 6.05. The summed E-state index contributed by atoms with van der Waals surface area (Å²) in [5.74, 6) is 2.99. The Morgan fingerprint density at radius 2 is 2.00 bits per heavy atom. The van der Waals surface area contributed by atoms with Gasteiger partial charge in [0.15, 0.2) is 17.7 Å². The Bertz CT molecular complexity index is 1310. The van der Waals surface area contributed by atoms with E-state index >= 15 is 0 Å². The number of nitrogens with zero attached hydrogens (tertiary/aromatic N) is 1. The standard InChI is InChI=1S/C27H29ClN4O7/c1-5-11-38-20-10-8-19(28)12-18(20)14-29-32-23(33)15-39-21-9-7-17(13-22(21)37-6-2)25-24(26(34)36-4)16(3)30-27(35)31-25/h1,7-10,12-14,23,25,32-33H,6,11,15H2,2-4H3,(H2,30,31,35)/b29-14+/t23-,25+/m1/s1. The molecule has 2 aromatic carbocycles. The monoisotopic (exact) mass is 556 g/mol. The first-order chi connectivity index (χ1) is 18.8. The average molecular weight is 557 g/mol. The highest BCUT2D eigenvalue weighted by Gasteiger charge is 2.32. The van der Waals surface area contributed by atoms with Crippen LogP contribution in [0, 0.1) is 12.3 Å². The Balaban J connectivity index is 1.70. The molecule has 1 aliphatic heterocycles. The van der Waals surface area contributed by atoms with Gasteiger partial charge in [-0.3, -0.25) is 5.43 Å². The van der Waals surface area contributed by atoms with E-state index in [2.05, 4.69) is 27.1 Å². The summed E-state index contributed by atoms with van der Waals surface area (Å²) in [6.07, 6.45) is 5.50. The Morgan fingerprint density at radius 1 is 1.23 bits per heavy atom. The number of urea groups is 1. The number of methoxy groups -OCH3 is 1. The van der Waals surface area contributed by atoms with Crippen molar-refractivity contribution < 1.29 is 33.6 Å². The molecule has 39 heavy (non-hydrogen) atoms. The molecule has 0 saturated carbocycles. The van der Waals surface area contributed by atoms with Gasteiger partial charge in [-0.25, -0.2) is 9.59 Å². The number of carbonyl (C=O) groups excluding carboxylic acids is 2. The van der Waals surface area contributed by atoms with E-state index in [4.69, 9.17) is 37.0 Å². The summed E-state index contributed by atoms with van der Waals surface area (Å²) in [6, 6.07) is 8.71. The molecule has 0 saturated heterocycles. The van der Waals surface area contributed by atoms with Crippen LogP contribution in [0.5, 0.6) is 17.2 Å². The van der Waals surface area contributed by atoms with Gasteiger partial charge in [0, 0.05) is 16.3 Å². The number of hydrogen-bond acceptors (Lipinski definition) is 9. The molecule has 11 nitrogen and oxygen atoms in total. The van der Waals surface area contributed by atoms with Crippen LogP contribution in [0.4, 0.5) is 4.79 Å². The highest BCUT2D eigenvalue weighted by molar-refractivity contribution is 6.30. The van der Waals surface area contributed by atoms with Crippen molar-refractivity contribution in [2.24, 2.45) is 5.10 Å². The van der Waals surface area contributed by atoms with Gasteiger partial charge in [-0.2, -0.15) is 5.10 Å². The summed E-state index contributed by atoms with van der Waals surface area (Å²) in [7, 11) is 1.27. The molecule has 12 heteroatoms. The number of benzene rings is 2. The predicted octanol–water partition coefficient (Wildman–Crippen LogP) is 2.87. The first-order valence-electron chi connectivity index (χ1n) is 11.9. The largest absolute Gasteiger partial charge is 0.490 e. The normalized spacial score (nSPS) is 15.6. The van der Waals surface area contributed by atoms with E-state index in [0.29, 0.717) is 45.7 Å². The first kappa shape index (κ1) is 29.2. The second-order valence-corrected chi connectivity index (χ2v) is 8.53. The minimum atomic E-state index is -1.18. The molecule has 2 amide bonds. The lowest BCUT2D eigenvalue weighted by Gasteiger charge is -2.28. The molecule has 3 rings (SSSR count). The Labute approximate surface area is 231 Å². The number of aliphatic hydroxyl groups is 1. The number of aliphatic hydroxyl groups excluding tert-OH is 1. The zero-order valence-corrected chi connectivity index (χ0v) is 22.4. The lowest BCUT2D eigenvalue weighted by Crippen LogP contribution is -2.45. The number of ether oxygens (including phenoxy) is 4. The van der Waals surface area contributed by atoms with Gasteiger partial charge in [0.25, 0.3) is 0 Å². The van der Waals surface area contributed by atoms with Gasteiger partial charge >= 0.3 is 12.0 Å². The quantitative estimate of drug-likeness (QED) is 0.103. The third kappa shape index (κ3) is 7.80.